The number of piperidine rings is 1. The van der Waals surface area contributed by atoms with Crippen LogP contribution in [-0.4, -0.2) is 68.7 Å². The van der Waals surface area contributed by atoms with Crippen LogP contribution in [0.15, 0.2) is 54.6 Å². The predicted molar refractivity (Wildman–Crippen MR) is 153 cm³/mol. The van der Waals surface area contributed by atoms with E-state index in [0.29, 0.717) is 55.9 Å². The van der Waals surface area contributed by atoms with E-state index in [1.807, 2.05) is 54.6 Å². The van der Waals surface area contributed by atoms with Gasteiger partial charge in [-0.15, -0.1) is 0 Å². The second kappa shape index (κ2) is 15.4. The van der Waals surface area contributed by atoms with Crippen LogP contribution < -0.4 is 15.4 Å². The molecule has 1 aliphatic heterocycles. The van der Waals surface area contributed by atoms with Gasteiger partial charge in [0, 0.05) is 50.9 Å². The minimum atomic E-state index is -4.33. The molecule has 10 heteroatoms. The first-order chi connectivity index (χ1) is 19.6. The van der Waals surface area contributed by atoms with Crippen LogP contribution in [0.3, 0.4) is 0 Å². The highest BCUT2D eigenvalue weighted by Crippen LogP contribution is 2.44. The summed E-state index contributed by atoms with van der Waals surface area (Å²) < 4.78 is 51.1. The van der Waals surface area contributed by atoms with Crippen molar-refractivity contribution in [2.24, 2.45) is 11.8 Å². The quantitative estimate of drug-likeness (QED) is 0.236. The number of unbranched alkanes of at least 4 members (excludes halogenated alkanes) is 1. The topological polar surface area (TPSA) is 83.1 Å². The van der Waals surface area contributed by atoms with Gasteiger partial charge in [0.2, 0.25) is 0 Å². The number of ether oxygens (including phenoxy) is 2. The number of nitrogens with zero attached hydrogens (tertiary/aromatic N) is 1. The second-order valence-corrected chi connectivity index (χ2v) is 11.0. The van der Waals surface area contributed by atoms with E-state index >= 15 is 0 Å². The van der Waals surface area contributed by atoms with E-state index in [1.54, 1.807) is 19.1 Å². The summed E-state index contributed by atoms with van der Waals surface area (Å²) in [6.07, 6.45) is -1.29. The van der Waals surface area contributed by atoms with Crippen molar-refractivity contribution in [3.05, 3.63) is 60.2 Å². The summed E-state index contributed by atoms with van der Waals surface area (Å²) in [5.41, 5.74) is -0.645. The molecule has 41 heavy (non-hydrogen) atoms. The molecule has 1 aliphatic rings. The molecular formula is C31H44F3N3O4. The van der Waals surface area contributed by atoms with Crippen LogP contribution in [0.2, 0.25) is 0 Å². The fourth-order valence-electron chi connectivity index (χ4n) is 5.55. The van der Waals surface area contributed by atoms with Gasteiger partial charge in [0.1, 0.15) is 11.5 Å². The van der Waals surface area contributed by atoms with Crippen molar-refractivity contribution in [2.45, 2.75) is 63.3 Å². The molecule has 3 N–H and O–H groups in total. The summed E-state index contributed by atoms with van der Waals surface area (Å²) in [6.45, 7) is 2.65. The van der Waals surface area contributed by atoms with E-state index in [-0.39, 0.29) is 25.4 Å². The maximum atomic E-state index is 13.3. The fraction of sp³-hybridized carbons (Fsp3) is 0.581. The lowest BCUT2D eigenvalue weighted by Gasteiger charge is -2.43. The number of amides is 2. The Hall–Kier alpha value is -2.82. The Morgan fingerprint density at radius 1 is 1.12 bits per heavy atom. The van der Waals surface area contributed by atoms with Crippen LogP contribution in [0.5, 0.6) is 11.5 Å². The van der Waals surface area contributed by atoms with Crippen molar-refractivity contribution in [3.8, 4) is 11.5 Å². The first-order valence-electron chi connectivity index (χ1n) is 14.4. The molecule has 2 unspecified atom stereocenters. The maximum absolute atomic E-state index is 13.3. The van der Waals surface area contributed by atoms with Crippen molar-refractivity contribution in [2.75, 3.05) is 40.4 Å². The minimum Gasteiger partial charge on any atom is -0.457 e. The first-order valence-corrected chi connectivity index (χ1v) is 14.4. The van der Waals surface area contributed by atoms with Crippen molar-refractivity contribution in [1.82, 2.24) is 15.5 Å². The zero-order chi connectivity index (χ0) is 29.9. The van der Waals surface area contributed by atoms with Crippen LogP contribution in [0.25, 0.3) is 0 Å². The average Bonchev–Trinajstić information content (AvgIpc) is 2.95. The third-order valence-electron chi connectivity index (χ3n) is 7.84. The molecule has 0 saturated carbocycles. The van der Waals surface area contributed by atoms with Crippen LogP contribution in [-0.2, 0) is 10.3 Å². The summed E-state index contributed by atoms with van der Waals surface area (Å²) in [5, 5.41) is 18.1. The van der Waals surface area contributed by atoms with E-state index in [2.05, 4.69) is 10.6 Å². The van der Waals surface area contributed by atoms with Gasteiger partial charge in [-0.25, -0.2) is 4.79 Å². The SMILES string of the molecule is CNCC(CC(C)C(F)(F)F)NC(=O)N1CCC[C@@H]([C@@](O)(CCCCOC)c2ccccc2Oc2ccccc2)C1. The third kappa shape index (κ3) is 9.34. The molecule has 3 rings (SSSR count). The zero-order valence-corrected chi connectivity index (χ0v) is 24.3. The highest BCUT2D eigenvalue weighted by molar-refractivity contribution is 5.74. The van der Waals surface area contributed by atoms with E-state index < -0.39 is 29.8 Å². The minimum absolute atomic E-state index is 0.219. The van der Waals surface area contributed by atoms with Crippen LogP contribution >= 0.6 is 0 Å². The molecule has 228 valence electrons. The van der Waals surface area contributed by atoms with Crippen molar-refractivity contribution in [1.29, 1.82) is 0 Å². The van der Waals surface area contributed by atoms with Gasteiger partial charge in [-0.1, -0.05) is 43.3 Å². The molecule has 0 aromatic heterocycles. The van der Waals surface area contributed by atoms with Gasteiger partial charge in [0.25, 0.3) is 0 Å². The average molecular weight is 580 g/mol. The number of carbonyl (C=O) groups excluding carboxylic acids is 1. The van der Waals surface area contributed by atoms with Gasteiger partial charge in [0.05, 0.1) is 11.5 Å². The molecule has 2 aromatic carbocycles. The molecule has 1 fully saturated rings. The first kappa shape index (κ1) is 32.7. The lowest BCUT2D eigenvalue weighted by molar-refractivity contribution is -0.172. The fourth-order valence-corrected chi connectivity index (χ4v) is 5.55. The lowest BCUT2D eigenvalue weighted by atomic mass is 9.73. The Kier molecular flexibility index (Phi) is 12.3. The highest BCUT2D eigenvalue weighted by atomic mass is 19.4. The Labute approximate surface area is 241 Å². The lowest BCUT2D eigenvalue weighted by Crippen LogP contribution is -2.54. The standard InChI is InChI=1S/C31H44F3N3O4/c1-23(31(32,33)34)20-25(21-35-2)36-29(38)37-18-11-12-24(22-37)30(39,17-9-10-19-40-3)27-15-7-8-16-28(27)41-26-13-5-4-6-14-26/h4-8,13-16,23-25,35,39H,9-12,17-22H2,1-3H3,(H,36,38)/t23?,24-,25?,30+/m1/s1. The number of alkyl halides is 3. The van der Waals surface area contributed by atoms with Crippen LogP contribution in [0.4, 0.5) is 18.0 Å². The summed E-state index contributed by atoms with van der Waals surface area (Å²) in [5.74, 6) is -0.657. The molecular weight excluding hydrogens is 535 g/mol. The normalized spacial score (nSPS) is 18.8. The number of carbonyl (C=O) groups is 1. The molecule has 0 bridgehead atoms. The number of rotatable bonds is 14. The van der Waals surface area contributed by atoms with Gasteiger partial charge >= 0.3 is 12.2 Å². The van der Waals surface area contributed by atoms with Gasteiger partial charge in [0.15, 0.2) is 0 Å². The highest BCUT2D eigenvalue weighted by Gasteiger charge is 2.43. The van der Waals surface area contributed by atoms with Gasteiger partial charge in [-0.05, 0) is 63.8 Å². The number of methoxy groups -OCH3 is 1. The summed E-state index contributed by atoms with van der Waals surface area (Å²) in [4.78, 5) is 14.9. The molecule has 1 saturated heterocycles. The van der Waals surface area contributed by atoms with Gasteiger partial charge < -0.3 is 30.1 Å². The maximum Gasteiger partial charge on any atom is 0.391 e. The largest absolute Gasteiger partial charge is 0.457 e. The number of hydrogen-bond donors (Lipinski definition) is 3. The van der Waals surface area contributed by atoms with E-state index in [1.165, 1.54) is 0 Å². The van der Waals surface area contributed by atoms with E-state index in [4.69, 9.17) is 9.47 Å². The van der Waals surface area contributed by atoms with Crippen molar-refractivity contribution in [3.63, 3.8) is 0 Å². The summed E-state index contributed by atoms with van der Waals surface area (Å²) >= 11 is 0. The second-order valence-electron chi connectivity index (χ2n) is 11.0. The van der Waals surface area contributed by atoms with E-state index in [0.717, 1.165) is 13.3 Å². The Morgan fingerprint density at radius 3 is 2.51 bits per heavy atom. The predicted octanol–water partition coefficient (Wildman–Crippen LogP) is 6.08. The number of hydrogen-bond acceptors (Lipinski definition) is 5. The number of nitrogens with one attached hydrogen (secondary N) is 2. The van der Waals surface area contributed by atoms with Gasteiger partial charge in [-0.3, -0.25) is 0 Å². The number of aliphatic hydroxyl groups is 1. The molecule has 7 nitrogen and oxygen atoms in total. The summed E-state index contributed by atoms with van der Waals surface area (Å²) in [7, 11) is 3.29. The number of benzene rings is 2. The van der Waals surface area contributed by atoms with Crippen molar-refractivity contribution < 1.29 is 32.5 Å². The number of para-hydroxylation sites is 2. The molecule has 0 spiro atoms. The molecule has 2 amide bonds. The molecule has 0 aliphatic carbocycles. The van der Waals surface area contributed by atoms with Crippen molar-refractivity contribution >= 4 is 6.03 Å². The Balaban J connectivity index is 1.83. The molecule has 4 atom stereocenters. The van der Waals surface area contributed by atoms with Crippen LogP contribution in [0, 0.1) is 11.8 Å². The molecule has 0 radical (unpaired) electrons. The summed E-state index contributed by atoms with van der Waals surface area (Å²) in [6, 6.07) is 15.7. The van der Waals surface area contributed by atoms with Gasteiger partial charge in [-0.2, -0.15) is 13.2 Å². The van der Waals surface area contributed by atoms with E-state index in [9.17, 15) is 23.1 Å². The number of urea groups is 1. The smallest absolute Gasteiger partial charge is 0.391 e. The third-order valence-corrected chi connectivity index (χ3v) is 7.84. The Morgan fingerprint density at radius 2 is 1.83 bits per heavy atom. The number of likely N-dealkylation sites (N-methyl/N-ethyl adjacent to an activating group) is 1. The zero-order valence-electron chi connectivity index (χ0n) is 24.3. The molecule has 1 heterocycles. The number of halogens is 3. The Bertz CT molecular complexity index is 1070. The molecule has 2 aromatic rings. The van der Waals surface area contributed by atoms with Crippen LogP contribution in [0.1, 0.15) is 51.0 Å². The monoisotopic (exact) mass is 579 g/mol. The number of likely N-dealkylation sites (tertiary alicyclic amines) is 1.